The van der Waals surface area contributed by atoms with E-state index in [1.807, 2.05) is 31.2 Å². The van der Waals surface area contributed by atoms with Crippen molar-refractivity contribution in [3.8, 4) is 0 Å². The lowest BCUT2D eigenvalue weighted by Gasteiger charge is -2.38. The maximum atomic E-state index is 13.4. The van der Waals surface area contributed by atoms with Gasteiger partial charge in [0.05, 0.1) is 12.0 Å². The second-order valence-corrected chi connectivity index (χ2v) is 7.34. The fraction of sp³-hybridized carbons (Fsp3) is 0.409. The van der Waals surface area contributed by atoms with Gasteiger partial charge in [-0.1, -0.05) is 36.4 Å². The largest absolute Gasteiger partial charge is 0.385 e. The number of amides is 1. The molecular formula is C22H27FN2O2. The van der Waals surface area contributed by atoms with Gasteiger partial charge in [0, 0.05) is 26.2 Å². The van der Waals surface area contributed by atoms with Gasteiger partial charge in [0.25, 0.3) is 0 Å². The molecule has 1 heterocycles. The molecule has 5 heteroatoms. The predicted octanol–water partition coefficient (Wildman–Crippen LogP) is 2.78. The van der Waals surface area contributed by atoms with Crippen LogP contribution >= 0.6 is 0 Å². The van der Waals surface area contributed by atoms with Crippen LogP contribution in [-0.4, -0.2) is 42.1 Å². The summed E-state index contributed by atoms with van der Waals surface area (Å²) in [5, 5.41) is 13.8. The Hall–Kier alpha value is -2.24. The number of carbonyl (C=O) groups is 1. The Morgan fingerprint density at radius 1 is 1.19 bits per heavy atom. The van der Waals surface area contributed by atoms with Crippen LogP contribution in [0.15, 0.2) is 48.5 Å². The van der Waals surface area contributed by atoms with Crippen molar-refractivity contribution in [2.45, 2.75) is 31.8 Å². The minimum atomic E-state index is -0.966. The normalized spacial score (nSPS) is 16.9. The second kappa shape index (κ2) is 8.63. The van der Waals surface area contributed by atoms with Crippen LogP contribution in [0.5, 0.6) is 0 Å². The molecule has 2 aromatic carbocycles. The van der Waals surface area contributed by atoms with Crippen molar-refractivity contribution in [1.29, 1.82) is 0 Å². The minimum absolute atomic E-state index is 0.0255. The molecule has 144 valence electrons. The van der Waals surface area contributed by atoms with Crippen molar-refractivity contribution in [3.05, 3.63) is 71.0 Å². The maximum absolute atomic E-state index is 13.4. The first-order valence-electron chi connectivity index (χ1n) is 9.48. The Labute approximate surface area is 160 Å². The van der Waals surface area contributed by atoms with E-state index >= 15 is 0 Å². The molecule has 0 atom stereocenters. The summed E-state index contributed by atoms with van der Waals surface area (Å²) in [6.45, 7) is 4.79. The van der Waals surface area contributed by atoms with E-state index in [1.165, 1.54) is 12.1 Å². The van der Waals surface area contributed by atoms with Gasteiger partial charge in [-0.2, -0.15) is 0 Å². The highest BCUT2D eigenvalue weighted by molar-refractivity contribution is 5.78. The second-order valence-electron chi connectivity index (χ2n) is 7.34. The van der Waals surface area contributed by atoms with Crippen LogP contribution in [0.25, 0.3) is 0 Å². The average Bonchev–Trinajstić information content (AvgIpc) is 2.65. The summed E-state index contributed by atoms with van der Waals surface area (Å²) in [5.41, 5.74) is 1.86. The average molecular weight is 370 g/mol. The van der Waals surface area contributed by atoms with Crippen molar-refractivity contribution >= 4 is 5.91 Å². The highest BCUT2D eigenvalue weighted by atomic mass is 19.1. The van der Waals surface area contributed by atoms with E-state index in [9.17, 15) is 14.3 Å². The third kappa shape index (κ3) is 5.15. The number of halogens is 1. The number of nitrogens with one attached hydrogen (secondary N) is 1. The van der Waals surface area contributed by atoms with E-state index in [0.29, 0.717) is 31.4 Å². The maximum Gasteiger partial charge on any atom is 0.224 e. The molecule has 1 amide bonds. The predicted molar refractivity (Wildman–Crippen MR) is 104 cm³/mol. The molecule has 0 unspecified atom stereocenters. The van der Waals surface area contributed by atoms with E-state index in [2.05, 4.69) is 10.2 Å². The van der Waals surface area contributed by atoms with Crippen molar-refractivity contribution in [2.24, 2.45) is 0 Å². The summed E-state index contributed by atoms with van der Waals surface area (Å²) in [5.74, 6) is -0.294. The van der Waals surface area contributed by atoms with Gasteiger partial charge in [0.2, 0.25) is 5.91 Å². The van der Waals surface area contributed by atoms with Crippen molar-refractivity contribution in [2.75, 3.05) is 26.2 Å². The van der Waals surface area contributed by atoms with E-state index in [1.54, 1.807) is 12.1 Å². The monoisotopic (exact) mass is 370 g/mol. The standard InChI is InChI=1S/C22H27FN2O2/c1-17-5-2-3-6-18(17)15-21(26)24-11-14-25-12-9-22(27,10-13-25)19-7-4-8-20(23)16-19/h2-8,16,27H,9-15H2,1H3,(H,24,26). The van der Waals surface area contributed by atoms with Crippen molar-refractivity contribution in [3.63, 3.8) is 0 Å². The lowest BCUT2D eigenvalue weighted by atomic mass is 9.84. The van der Waals surface area contributed by atoms with Crippen LogP contribution in [0.2, 0.25) is 0 Å². The smallest absolute Gasteiger partial charge is 0.224 e. The van der Waals surface area contributed by atoms with Gasteiger partial charge >= 0.3 is 0 Å². The molecule has 0 radical (unpaired) electrons. The van der Waals surface area contributed by atoms with Gasteiger partial charge in [0.15, 0.2) is 0 Å². The summed E-state index contributed by atoms with van der Waals surface area (Å²) in [4.78, 5) is 14.3. The number of aliphatic hydroxyl groups is 1. The number of piperidine rings is 1. The molecule has 1 fully saturated rings. The molecule has 27 heavy (non-hydrogen) atoms. The van der Waals surface area contributed by atoms with Gasteiger partial charge in [-0.25, -0.2) is 4.39 Å². The molecule has 1 saturated heterocycles. The number of benzene rings is 2. The summed E-state index contributed by atoms with van der Waals surface area (Å²) >= 11 is 0. The van der Waals surface area contributed by atoms with Crippen molar-refractivity contribution < 1.29 is 14.3 Å². The van der Waals surface area contributed by atoms with Crippen LogP contribution in [0.4, 0.5) is 4.39 Å². The summed E-state index contributed by atoms with van der Waals surface area (Å²) in [7, 11) is 0. The van der Waals surface area contributed by atoms with E-state index < -0.39 is 5.60 Å². The van der Waals surface area contributed by atoms with Crippen LogP contribution in [0, 0.1) is 12.7 Å². The molecule has 0 saturated carbocycles. The Morgan fingerprint density at radius 2 is 1.93 bits per heavy atom. The fourth-order valence-electron chi connectivity index (χ4n) is 3.61. The van der Waals surface area contributed by atoms with Crippen LogP contribution < -0.4 is 5.32 Å². The molecular weight excluding hydrogens is 343 g/mol. The lowest BCUT2D eigenvalue weighted by Crippen LogP contribution is -2.45. The Kier molecular flexibility index (Phi) is 6.24. The Balaban J connectivity index is 1.42. The number of likely N-dealkylation sites (tertiary alicyclic amines) is 1. The first kappa shape index (κ1) is 19.5. The molecule has 2 N–H and O–H groups in total. The molecule has 1 aliphatic heterocycles. The van der Waals surface area contributed by atoms with Gasteiger partial charge in [-0.15, -0.1) is 0 Å². The Bertz CT molecular complexity index is 785. The summed E-state index contributed by atoms with van der Waals surface area (Å²) < 4.78 is 13.4. The molecule has 4 nitrogen and oxygen atoms in total. The Morgan fingerprint density at radius 3 is 2.63 bits per heavy atom. The van der Waals surface area contributed by atoms with Crippen LogP contribution in [0.3, 0.4) is 0 Å². The van der Waals surface area contributed by atoms with Crippen LogP contribution in [-0.2, 0) is 16.8 Å². The van der Waals surface area contributed by atoms with Crippen LogP contribution in [0.1, 0.15) is 29.5 Å². The van der Waals surface area contributed by atoms with Gasteiger partial charge in [-0.3, -0.25) is 4.79 Å². The SMILES string of the molecule is Cc1ccccc1CC(=O)NCCN1CCC(O)(c2cccc(F)c2)CC1. The molecule has 1 aliphatic rings. The fourth-order valence-corrected chi connectivity index (χ4v) is 3.61. The highest BCUT2D eigenvalue weighted by Crippen LogP contribution is 2.32. The molecule has 2 aromatic rings. The van der Waals surface area contributed by atoms with E-state index in [4.69, 9.17) is 0 Å². The summed E-state index contributed by atoms with van der Waals surface area (Å²) in [6, 6.07) is 14.1. The molecule has 0 bridgehead atoms. The number of hydrogen-bond acceptors (Lipinski definition) is 3. The van der Waals surface area contributed by atoms with E-state index in [0.717, 1.165) is 30.8 Å². The third-order valence-electron chi connectivity index (χ3n) is 5.41. The van der Waals surface area contributed by atoms with Gasteiger partial charge in [0.1, 0.15) is 5.82 Å². The number of nitrogens with zero attached hydrogens (tertiary/aromatic N) is 1. The first-order chi connectivity index (χ1) is 13.0. The third-order valence-corrected chi connectivity index (χ3v) is 5.41. The topological polar surface area (TPSA) is 52.6 Å². The van der Waals surface area contributed by atoms with Gasteiger partial charge < -0.3 is 15.3 Å². The number of carbonyl (C=O) groups excluding carboxylic acids is 1. The number of rotatable bonds is 6. The first-order valence-corrected chi connectivity index (χ1v) is 9.48. The lowest BCUT2D eigenvalue weighted by molar-refractivity contribution is -0.120. The molecule has 0 spiro atoms. The van der Waals surface area contributed by atoms with Gasteiger partial charge in [-0.05, 0) is 48.6 Å². The van der Waals surface area contributed by atoms with Crippen molar-refractivity contribution in [1.82, 2.24) is 10.2 Å². The quantitative estimate of drug-likeness (QED) is 0.822. The molecule has 0 aromatic heterocycles. The minimum Gasteiger partial charge on any atom is -0.385 e. The summed E-state index contributed by atoms with van der Waals surface area (Å²) in [6.07, 6.45) is 1.52. The zero-order chi connectivity index (χ0) is 19.3. The molecule has 0 aliphatic carbocycles. The number of hydrogen-bond donors (Lipinski definition) is 2. The highest BCUT2D eigenvalue weighted by Gasteiger charge is 2.33. The zero-order valence-electron chi connectivity index (χ0n) is 15.7. The zero-order valence-corrected chi connectivity index (χ0v) is 15.7. The van der Waals surface area contributed by atoms with E-state index in [-0.39, 0.29) is 11.7 Å². The number of aryl methyl sites for hydroxylation is 1. The molecule has 3 rings (SSSR count).